The van der Waals surface area contributed by atoms with Gasteiger partial charge in [0.25, 0.3) is 5.91 Å². The zero-order valence-corrected chi connectivity index (χ0v) is 15.6. The fraction of sp³-hybridized carbons (Fsp3) is 0.875. The Kier molecular flexibility index (Phi) is 5.36. The predicted octanol–water partition coefficient (Wildman–Crippen LogP) is -1.08. The van der Waals surface area contributed by atoms with Crippen LogP contribution >= 0.6 is 0 Å². The summed E-state index contributed by atoms with van der Waals surface area (Å²) in [5, 5.41) is 2.91. The number of ether oxygens (including phenoxy) is 1. The van der Waals surface area contributed by atoms with Gasteiger partial charge in [0.2, 0.25) is 0 Å². The van der Waals surface area contributed by atoms with Crippen molar-refractivity contribution in [3.05, 3.63) is 0 Å². The van der Waals surface area contributed by atoms with Gasteiger partial charge in [-0.15, -0.1) is 0 Å². The van der Waals surface area contributed by atoms with Gasteiger partial charge in [0, 0.05) is 13.5 Å². The third kappa shape index (κ3) is 3.83. The van der Waals surface area contributed by atoms with Gasteiger partial charge in [-0.05, 0) is 12.8 Å². The zero-order valence-electron chi connectivity index (χ0n) is 14.8. The van der Waals surface area contributed by atoms with Gasteiger partial charge in [-0.1, -0.05) is 19.3 Å². The molecule has 2 atom stereocenters. The topological polar surface area (TPSA) is 97.2 Å². The maximum atomic E-state index is 12.9. The summed E-state index contributed by atoms with van der Waals surface area (Å²) >= 11 is 0. The minimum atomic E-state index is -3.02. The Labute approximate surface area is 148 Å². The maximum absolute atomic E-state index is 12.9. The lowest BCUT2D eigenvalue weighted by Crippen LogP contribution is -3.18. The van der Waals surface area contributed by atoms with E-state index in [1.54, 1.807) is 7.11 Å². The average molecular weight is 374 g/mol. The summed E-state index contributed by atoms with van der Waals surface area (Å²) in [4.78, 5) is 27.6. The van der Waals surface area contributed by atoms with E-state index >= 15 is 0 Å². The van der Waals surface area contributed by atoms with E-state index in [-0.39, 0.29) is 36.2 Å². The largest absolute Gasteiger partial charge is 0.379 e. The predicted molar refractivity (Wildman–Crippen MR) is 90.8 cm³/mol. The van der Waals surface area contributed by atoms with Crippen LogP contribution in [0.15, 0.2) is 0 Å². The summed E-state index contributed by atoms with van der Waals surface area (Å²) in [6, 6.07) is -0.439. The van der Waals surface area contributed by atoms with Crippen LogP contribution in [0.2, 0.25) is 0 Å². The fourth-order valence-corrected chi connectivity index (χ4v) is 6.11. The van der Waals surface area contributed by atoms with E-state index < -0.39 is 15.4 Å². The van der Waals surface area contributed by atoms with Crippen LogP contribution < -0.4 is 10.2 Å². The lowest BCUT2D eigenvalue weighted by Gasteiger charge is -2.31. The number of methoxy groups -OCH3 is 1. The third-order valence-electron chi connectivity index (χ3n) is 5.75. The highest BCUT2D eigenvalue weighted by Gasteiger charge is 2.52. The highest BCUT2D eigenvalue weighted by molar-refractivity contribution is 7.91. The normalized spacial score (nSPS) is 29.2. The van der Waals surface area contributed by atoms with Crippen molar-refractivity contribution in [2.45, 2.75) is 50.1 Å². The standard InChI is InChI=1S/C16H27N3O5S/c1-24-9-8-18(13-5-10-25(22,23)11-13)12-19-14(20)16(17-15(19)21)6-3-2-4-7-16/h13H,2-12H2,1H3,(H,17,21)/p+1/t13-/m0/s1. The van der Waals surface area contributed by atoms with Crippen LogP contribution in [0.3, 0.4) is 0 Å². The molecule has 2 aliphatic heterocycles. The Morgan fingerprint density at radius 3 is 2.60 bits per heavy atom. The number of nitrogens with zero attached hydrogens (tertiary/aromatic N) is 1. The number of carbonyl (C=O) groups excluding carboxylic acids is 2. The van der Waals surface area contributed by atoms with Crippen LogP contribution in [-0.2, 0) is 19.4 Å². The minimum Gasteiger partial charge on any atom is -0.379 e. The van der Waals surface area contributed by atoms with Gasteiger partial charge in [0.15, 0.2) is 16.5 Å². The Bertz CT molecular complexity index is 630. The number of sulfone groups is 1. The molecule has 0 radical (unpaired) electrons. The van der Waals surface area contributed by atoms with Crippen LogP contribution in [-0.4, -0.2) is 75.3 Å². The van der Waals surface area contributed by atoms with Crippen LogP contribution in [0.1, 0.15) is 38.5 Å². The van der Waals surface area contributed by atoms with Gasteiger partial charge in [-0.25, -0.2) is 18.1 Å². The molecule has 3 aliphatic rings. The SMILES string of the molecule is COCC[NH+](CN1C(=O)NC2(CCCCC2)C1=O)[C@H]1CCS(=O)(=O)C1. The summed E-state index contributed by atoms with van der Waals surface area (Å²) < 4.78 is 28.8. The average Bonchev–Trinajstić information content (AvgIpc) is 3.04. The second kappa shape index (κ2) is 7.20. The monoisotopic (exact) mass is 374 g/mol. The van der Waals surface area contributed by atoms with Crippen molar-refractivity contribution < 1.29 is 27.6 Å². The van der Waals surface area contributed by atoms with E-state index in [0.717, 1.165) is 24.2 Å². The summed E-state index contributed by atoms with van der Waals surface area (Å²) in [7, 11) is -1.43. The lowest BCUT2D eigenvalue weighted by molar-refractivity contribution is -0.929. The number of hydrogen-bond donors (Lipinski definition) is 2. The second-order valence-corrected chi connectivity index (χ2v) is 9.69. The van der Waals surface area contributed by atoms with Crippen molar-refractivity contribution in [1.29, 1.82) is 0 Å². The first-order valence-electron chi connectivity index (χ1n) is 9.05. The number of rotatable bonds is 6. The molecule has 0 aromatic heterocycles. The molecule has 1 aliphatic carbocycles. The van der Waals surface area contributed by atoms with E-state index in [9.17, 15) is 18.0 Å². The summed E-state index contributed by atoms with van der Waals surface area (Å²) in [5.74, 6) is 0.145. The molecule has 9 heteroatoms. The van der Waals surface area contributed by atoms with Gasteiger partial charge in [0.05, 0.1) is 12.4 Å². The summed E-state index contributed by atoms with van der Waals surface area (Å²) in [6.45, 7) is 1.23. The van der Waals surface area contributed by atoms with Gasteiger partial charge in [-0.2, -0.15) is 0 Å². The van der Waals surface area contributed by atoms with Crippen LogP contribution in [0.4, 0.5) is 4.79 Å². The molecule has 3 rings (SSSR count). The molecule has 2 saturated heterocycles. The molecule has 0 aromatic carbocycles. The van der Waals surface area contributed by atoms with Crippen molar-refractivity contribution in [2.75, 3.05) is 38.4 Å². The van der Waals surface area contributed by atoms with E-state index in [4.69, 9.17) is 4.74 Å². The molecule has 3 amide bonds. The number of quaternary nitrogens is 1. The minimum absolute atomic E-state index is 0.0938. The van der Waals surface area contributed by atoms with E-state index in [2.05, 4.69) is 5.32 Å². The van der Waals surface area contributed by atoms with Gasteiger partial charge >= 0.3 is 6.03 Å². The van der Waals surface area contributed by atoms with Crippen LogP contribution in [0.5, 0.6) is 0 Å². The molecule has 142 valence electrons. The van der Waals surface area contributed by atoms with Gasteiger partial charge in [0.1, 0.15) is 23.9 Å². The second-order valence-electron chi connectivity index (χ2n) is 7.47. The molecular weight excluding hydrogens is 346 g/mol. The Balaban J connectivity index is 1.72. The number of urea groups is 1. The first-order chi connectivity index (χ1) is 11.9. The number of amides is 3. The van der Waals surface area contributed by atoms with Gasteiger partial charge in [-0.3, -0.25) is 4.79 Å². The Morgan fingerprint density at radius 1 is 1.28 bits per heavy atom. The molecular formula is C16H28N3O5S+. The highest BCUT2D eigenvalue weighted by Crippen LogP contribution is 2.33. The number of hydrogen-bond acceptors (Lipinski definition) is 5. The first-order valence-corrected chi connectivity index (χ1v) is 10.9. The smallest absolute Gasteiger partial charge is 0.329 e. The van der Waals surface area contributed by atoms with Crippen molar-refractivity contribution in [2.24, 2.45) is 0 Å². The number of carbonyl (C=O) groups is 2. The van der Waals surface area contributed by atoms with Crippen LogP contribution in [0, 0.1) is 0 Å². The van der Waals surface area contributed by atoms with E-state index in [0.29, 0.717) is 32.4 Å². The molecule has 0 aromatic rings. The summed E-state index contributed by atoms with van der Waals surface area (Å²) in [5.41, 5.74) is -0.733. The Hall–Kier alpha value is -1.19. The molecule has 25 heavy (non-hydrogen) atoms. The van der Waals surface area contributed by atoms with Crippen molar-refractivity contribution in [1.82, 2.24) is 10.2 Å². The van der Waals surface area contributed by atoms with Crippen LogP contribution in [0.25, 0.3) is 0 Å². The molecule has 8 nitrogen and oxygen atoms in total. The molecule has 1 unspecified atom stereocenters. The maximum Gasteiger partial charge on any atom is 0.329 e. The molecule has 1 saturated carbocycles. The van der Waals surface area contributed by atoms with E-state index in [1.807, 2.05) is 0 Å². The Morgan fingerprint density at radius 2 is 2.00 bits per heavy atom. The van der Waals surface area contributed by atoms with Gasteiger partial charge < -0.3 is 15.0 Å². The highest BCUT2D eigenvalue weighted by atomic mass is 32.2. The quantitative estimate of drug-likeness (QED) is 0.576. The summed E-state index contributed by atoms with van der Waals surface area (Å²) in [6.07, 6.45) is 4.94. The number of nitrogens with one attached hydrogen (secondary N) is 2. The lowest BCUT2D eigenvalue weighted by atomic mass is 9.82. The van der Waals surface area contributed by atoms with E-state index in [1.165, 1.54) is 4.90 Å². The molecule has 1 spiro atoms. The molecule has 2 N–H and O–H groups in total. The van der Waals surface area contributed by atoms with Crippen molar-refractivity contribution >= 4 is 21.8 Å². The fourth-order valence-electron chi connectivity index (χ4n) is 4.28. The third-order valence-corrected chi connectivity index (χ3v) is 7.52. The van der Waals surface area contributed by atoms with Crippen molar-refractivity contribution in [3.63, 3.8) is 0 Å². The molecule has 3 fully saturated rings. The van der Waals surface area contributed by atoms with Crippen molar-refractivity contribution in [3.8, 4) is 0 Å². The molecule has 0 bridgehead atoms. The number of imide groups is 1. The molecule has 2 heterocycles. The first kappa shape index (κ1) is 18.6. The zero-order chi connectivity index (χ0) is 18.1.